The molecule has 1 aliphatic rings. The molecular formula is C18H19F3N2O4. The fourth-order valence-corrected chi connectivity index (χ4v) is 3.25. The Balaban J connectivity index is 1.71. The zero-order chi connectivity index (χ0) is 19.6. The van der Waals surface area contributed by atoms with Crippen molar-refractivity contribution >= 4 is 5.91 Å². The zero-order valence-corrected chi connectivity index (χ0v) is 14.8. The van der Waals surface area contributed by atoms with Crippen LogP contribution in [0.4, 0.5) is 13.2 Å². The number of aromatic nitrogens is 1. The molecule has 0 saturated carbocycles. The van der Waals surface area contributed by atoms with E-state index in [1.54, 1.807) is 12.0 Å². The van der Waals surface area contributed by atoms with Crippen molar-refractivity contribution in [3.8, 4) is 5.75 Å². The Hall–Kier alpha value is -2.55. The average Bonchev–Trinajstić information content (AvgIpc) is 3.19. The van der Waals surface area contributed by atoms with Crippen LogP contribution in [0, 0.1) is 12.8 Å². The van der Waals surface area contributed by atoms with Gasteiger partial charge in [0.25, 0.3) is 5.91 Å². The molecule has 1 aliphatic heterocycles. The van der Waals surface area contributed by atoms with Crippen LogP contribution in [-0.2, 0) is 11.2 Å². The first kappa shape index (κ1) is 19.2. The van der Waals surface area contributed by atoms with Gasteiger partial charge >= 0.3 is 6.36 Å². The van der Waals surface area contributed by atoms with Gasteiger partial charge in [0, 0.05) is 44.2 Å². The van der Waals surface area contributed by atoms with E-state index in [-0.39, 0.29) is 23.5 Å². The van der Waals surface area contributed by atoms with Crippen molar-refractivity contribution < 1.29 is 32.0 Å². The van der Waals surface area contributed by atoms with E-state index in [1.807, 2.05) is 13.0 Å². The number of carbonyl (C=O) groups is 1. The molecule has 2 aromatic rings. The summed E-state index contributed by atoms with van der Waals surface area (Å²) in [4.78, 5) is 14.3. The number of hydrogen-bond acceptors (Lipinski definition) is 5. The van der Waals surface area contributed by atoms with Gasteiger partial charge in [-0.25, -0.2) is 0 Å². The van der Waals surface area contributed by atoms with Crippen LogP contribution in [0.25, 0.3) is 0 Å². The predicted molar refractivity (Wildman–Crippen MR) is 88.3 cm³/mol. The van der Waals surface area contributed by atoms with Gasteiger partial charge in [0.05, 0.1) is 11.8 Å². The maximum atomic E-state index is 12.7. The molecule has 2 unspecified atom stereocenters. The highest BCUT2D eigenvalue weighted by molar-refractivity contribution is 5.94. The maximum absolute atomic E-state index is 12.7. The summed E-state index contributed by atoms with van der Waals surface area (Å²) in [6, 6.07) is 6.88. The second-order valence-electron chi connectivity index (χ2n) is 6.46. The van der Waals surface area contributed by atoms with E-state index in [4.69, 9.17) is 9.26 Å². The quantitative estimate of drug-likeness (QED) is 0.792. The number of halogens is 3. The molecule has 0 spiro atoms. The minimum absolute atomic E-state index is 0.000841. The molecule has 1 fully saturated rings. The lowest BCUT2D eigenvalue weighted by molar-refractivity contribution is -0.274. The van der Waals surface area contributed by atoms with Gasteiger partial charge in [0.15, 0.2) is 0 Å². The smallest absolute Gasteiger partial charge is 0.406 e. The second-order valence-corrected chi connectivity index (χ2v) is 6.46. The van der Waals surface area contributed by atoms with Crippen LogP contribution in [-0.4, -0.2) is 48.6 Å². The number of ether oxygens (including phenoxy) is 2. The zero-order valence-electron chi connectivity index (χ0n) is 14.8. The largest absolute Gasteiger partial charge is 0.573 e. The van der Waals surface area contributed by atoms with Gasteiger partial charge < -0.3 is 18.9 Å². The molecule has 6 nitrogen and oxygen atoms in total. The normalized spacial score (nSPS) is 20.1. The van der Waals surface area contributed by atoms with Crippen LogP contribution >= 0.6 is 0 Å². The molecular weight excluding hydrogens is 365 g/mol. The Labute approximate surface area is 153 Å². The third-order valence-electron chi connectivity index (χ3n) is 4.43. The monoisotopic (exact) mass is 384 g/mol. The molecule has 2 atom stereocenters. The van der Waals surface area contributed by atoms with E-state index in [2.05, 4.69) is 9.89 Å². The number of alkyl halides is 3. The molecule has 0 bridgehead atoms. The molecule has 1 aromatic heterocycles. The molecule has 0 radical (unpaired) electrons. The number of benzene rings is 1. The molecule has 146 valence electrons. The Morgan fingerprint density at radius 3 is 2.74 bits per heavy atom. The van der Waals surface area contributed by atoms with Crippen molar-refractivity contribution in [2.75, 3.05) is 20.2 Å². The summed E-state index contributed by atoms with van der Waals surface area (Å²) in [6.07, 6.45) is -4.45. The maximum Gasteiger partial charge on any atom is 0.573 e. The Kier molecular flexibility index (Phi) is 5.41. The van der Waals surface area contributed by atoms with Gasteiger partial charge in [0.1, 0.15) is 11.5 Å². The van der Waals surface area contributed by atoms with Crippen molar-refractivity contribution in [3.05, 3.63) is 47.3 Å². The highest BCUT2D eigenvalue weighted by atomic mass is 19.4. The van der Waals surface area contributed by atoms with E-state index < -0.39 is 12.1 Å². The first-order valence-corrected chi connectivity index (χ1v) is 8.35. The lowest BCUT2D eigenvalue weighted by Gasteiger charge is -2.17. The highest BCUT2D eigenvalue weighted by Crippen LogP contribution is 2.27. The van der Waals surface area contributed by atoms with Crippen molar-refractivity contribution in [1.82, 2.24) is 10.1 Å². The van der Waals surface area contributed by atoms with Crippen molar-refractivity contribution in [2.45, 2.75) is 25.8 Å². The first-order valence-electron chi connectivity index (χ1n) is 8.35. The van der Waals surface area contributed by atoms with E-state index in [0.717, 1.165) is 17.8 Å². The van der Waals surface area contributed by atoms with E-state index in [9.17, 15) is 18.0 Å². The summed E-state index contributed by atoms with van der Waals surface area (Å²) in [6.45, 7) is 2.57. The van der Waals surface area contributed by atoms with Crippen molar-refractivity contribution in [3.63, 3.8) is 0 Å². The van der Waals surface area contributed by atoms with Crippen LogP contribution in [0.15, 0.2) is 34.9 Å². The third kappa shape index (κ3) is 4.79. The number of hydrogen-bond donors (Lipinski definition) is 0. The van der Waals surface area contributed by atoms with E-state index >= 15 is 0 Å². The summed E-state index contributed by atoms with van der Waals surface area (Å²) in [5.74, 6) is -0.0965. The van der Waals surface area contributed by atoms with Gasteiger partial charge in [-0.1, -0.05) is 11.2 Å². The molecule has 1 amide bonds. The molecule has 2 heterocycles. The number of carbonyl (C=O) groups excluding carboxylic acids is 1. The van der Waals surface area contributed by atoms with Crippen LogP contribution in [0.2, 0.25) is 0 Å². The molecule has 0 aliphatic carbocycles. The molecule has 1 saturated heterocycles. The third-order valence-corrected chi connectivity index (χ3v) is 4.43. The lowest BCUT2D eigenvalue weighted by atomic mass is 10.0. The molecule has 27 heavy (non-hydrogen) atoms. The van der Waals surface area contributed by atoms with Gasteiger partial charge in [-0.3, -0.25) is 4.79 Å². The van der Waals surface area contributed by atoms with E-state index in [1.165, 1.54) is 12.1 Å². The fourth-order valence-electron chi connectivity index (χ4n) is 3.25. The highest BCUT2D eigenvalue weighted by Gasteiger charge is 2.37. The lowest BCUT2D eigenvalue weighted by Crippen LogP contribution is -2.30. The average molecular weight is 384 g/mol. The predicted octanol–water partition coefficient (Wildman–Crippen LogP) is 3.21. The SMILES string of the molecule is COC1CN(C(=O)c2cccc(OC(F)(F)F)c2)CC1Cc1cc(C)no1. The minimum Gasteiger partial charge on any atom is -0.406 e. The Morgan fingerprint density at radius 1 is 1.33 bits per heavy atom. The van der Waals surface area contributed by atoms with Gasteiger partial charge in [-0.2, -0.15) is 0 Å². The second kappa shape index (κ2) is 7.59. The molecule has 9 heteroatoms. The number of likely N-dealkylation sites (tertiary alicyclic amines) is 1. The standard InChI is InChI=1S/C18H19F3N2O4/c1-11-6-15(27-22-11)8-13-9-23(10-16(13)25-2)17(24)12-4-3-5-14(7-12)26-18(19,20)21/h3-7,13,16H,8-10H2,1-2H3. The van der Waals surface area contributed by atoms with Crippen LogP contribution < -0.4 is 4.74 Å². The number of nitrogens with zero attached hydrogens (tertiary/aromatic N) is 2. The van der Waals surface area contributed by atoms with Crippen molar-refractivity contribution in [2.24, 2.45) is 5.92 Å². The number of rotatable bonds is 5. The van der Waals surface area contributed by atoms with Crippen LogP contribution in [0.5, 0.6) is 5.75 Å². The van der Waals surface area contributed by atoms with E-state index in [0.29, 0.717) is 25.3 Å². The van der Waals surface area contributed by atoms with Gasteiger partial charge in [0.2, 0.25) is 0 Å². The van der Waals surface area contributed by atoms with Gasteiger partial charge in [-0.15, -0.1) is 13.2 Å². The number of amides is 1. The summed E-state index contributed by atoms with van der Waals surface area (Å²) >= 11 is 0. The molecule has 3 rings (SSSR count). The summed E-state index contributed by atoms with van der Waals surface area (Å²) in [5, 5.41) is 3.85. The van der Waals surface area contributed by atoms with Crippen LogP contribution in [0.3, 0.4) is 0 Å². The summed E-state index contributed by atoms with van der Waals surface area (Å²) in [5.41, 5.74) is 0.897. The topological polar surface area (TPSA) is 64.8 Å². The van der Waals surface area contributed by atoms with Crippen molar-refractivity contribution in [1.29, 1.82) is 0 Å². The minimum atomic E-state index is -4.81. The van der Waals surface area contributed by atoms with Crippen LogP contribution in [0.1, 0.15) is 21.8 Å². The summed E-state index contributed by atoms with van der Waals surface area (Å²) in [7, 11) is 1.56. The molecule has 0 N–H and O–H groups in total. The summed E-state index contributed by atoms with van der Waals surface area (Å²) < 4.78 is 51.7. The van der Waals surface area contributed by atoms with Gasteiger partial charge in [-0.05, 0) is 25.1 Å². The number of aryl methyl sites for hydroxylation is 1. The fraction of sp³-hybridized carbons (Fsp3) is 0.444. The molecule has 1 aromatic carbocycles. The number of methoxy groups -OCH3 is 1. The Bertz CT molecular complexity index is 806. The Morgan fingerprint density at radius 2 is 2.11 bits per heavy atom. The first-order chi connectivity index (χ1) is 12.7.